The number of aromatic amines is 2. The molecule has 2 aromatic rings. The van der Waals surface area contributed by atoms with E-state index in [0.29, 0.717) is 37.1 Å². The number of nitrogens with zero attached hydrogens (tertiary/aromatic N) is 1. The number of aliphatic imine (C=N–C) groups is 1. The lowest BCUT2D eigenvalue weighted by molar-refractivity contribution is -0.122. The number of H-pyrrole nitrogens is 2. The molecule has 1 aliphatic rings. The van der Waals surface area contributed by atoms with E-state index in [1.54, 1.807) is 7.11 Å². The number of allylic oxidation sites excluding steroid dienone is 1. The van der Waals surface area contributed by atoms with E-state index in [2.05, 4.69) is 15.3 Å². The smallest absolute Gasteiger partial charge is 0.220 e. The topological polar surface area (TPSA) is 99.3 Å². The van der Waals surface area contributed by atoms with Crippen molar-refractivity contribution in [2.24, 2.45) is 4.99 Å². The summed E-state index contributed by atoms with van der Waals surface area (Å²) in [5, 5.41) is 2.95. The monoisotopic (exact) mass is 486 g/mol. The van der Waals surface area contributed by atoms with Gasteiger partial charge in [-0.15, -0.1) is 12.4 Å². The lowest BCUT2D eigenvalue weighted by Gasteiger charge is -2.20. The Balaban J connectivity index is 0.00000408. The molecule has 0 atom stereocenters. The highest BCUT2D eigenvalue weighted by Gasteiger charge is 2.21. The number of ketones is 1. The summed E-state index contributed by atoms with van der Waals surface area (Å²) in [5.74, 6) is 0.787. The Labute approximate surface area is 207 Å². The molecule has 184 valence electrons. The standard InChI is InChI=1S/C26H34N4O3.ClH/c1-16-19(14-21-23(33-6)15-20(29-21)18-10-9-13-27-18)28-17(2)25(16)22(31)11-7-8-12-24(32)30-26(3,4)5;/h9-10,13-15,27-28H,7-8,11-12H2,1-6H3,(H,30,32);1H/b21-14+;. The summed E-state index contributed by atoms with van der Waals surface area (Å²) in [5.41, 5.74) is 5.48. The molecule has 0 spiro atoms. The molecule has 0 fully saturated rings. The molecule has 0 unspecified atom stereocenters. The minimum atomic E-state index is -0.236. The van der Waals surface area contributed by atoms with Gasteiger partial charge in [0.1, 0.15) is 11.5 Å². The van der Waals surface area contributed by atoms with Gasteiger partial charge in [-0.3, -0.25) is 9.59 Å². The molecule has 1 amide bonds. The molecule has 2 aromatic heterocycles. The van der Waals surface area contributed by atoms with Gasteiger partial charge in [0.25, 0.3) is 0 Å². The number of aryl methyl sites for hydroxylation is 1. The third-order valence-electron chi connectivity index (χ3n) is 5.46. The Morgan fingerprint density at radius 3 is 2.50 bits per heavy atom. The largest absolute Gasteiger partial charge is 0.494 e. The van der Waals surface area contributed by atoms with Crippen molar-refractivity contribution in [3.8, 4) is 0 Å². The fraction of sp³-hybridized carbons (Fsp3) is 0.423. The van der Waals surface area contributed by atoms with Crippen molar-refractivity contribution in [2.75, 3.05) is 7.11 Å². The molecule has 34 heavy (non-hydrogen) atoms. The van der Waals surface area contributed by atoms with Crippen molar-refractivity contribution in [1.82, 2.24) is 15.3 Å². The second-order valence-corrected chi connectivity index (χ2v) is 9.42. The molecular formula is C26H35ClN4O3. The van der Waals surface area contributed by atoms with Crippen molar-refractivity contribution in [3.63, 3.8) is 0 Å². The van der Waals surface area contributed by atoms with Crippen molar-refractivity contribution >= 4 is 35.9 Å². The number of unbranched alkanes of at least 4 members (excludes halogenated alkanes) is 1. The number of hydrogen-bond acceptors (Lipinski definition) is 4. The number of halogens is 1. The number of nitrogens with one attached hydrogen (secondary N) is 3. The van der Waals surface area contributed by atoms with Gasteiger partial charge in [0.15, 0.2) is 5.78 Å². The van der Waals surface area contributed by atoms with Crippen LogP contribution in [0, 0.1) is 13.8 Å². The molecule has 0 aliphatic carbocycles. The molecule has 0 bridgehead atoms. The van der Waals surface area contributed by atoms with Crippen LogP contribution in [0.4, 0.5) is 0 Å². The van der Waals surface area contributed by atoms with Crippen LogP contribution in [0.25, 0.3) is 6.08 Å². The van der Waals surface area contributed by atoms with Crippen molar-refractivity contribution in [1.29, 1.82) is 0 Å². The average Bonchev–Trinajstić information content (AvgIpc) is 3.44. The molecule has 0 radical (unpaired) electrons. The molecule has 3 N–H and O–H groups in total. The van der Waals surface area contributed by atoms with Crippen LogP contribution < -0.4 is 5.32 Å². The van der Waals surface area contributed by atoms with Crippen molar-refractivity contribution in [3.05, 3.63) is 64.1 Å². The van der Waals surface area contributed by atoms with Crippen molar-refractivity contribution in [2.45, 2.75) is 65.8 Å². The Morgan fingerprint density at radius 1 is 1.18 bits per heavy atom. The fourth-order valence-corrected chi connectivity index (χ4v) is 3.96. The fourth-order valence-electron chi connectivity index (χ4n) is 3.96. The van der Waals surface area contributed by atoms with Crippen LogP contribution >= 0.6 is 12.4 Å². The normalized spacial score (nSPS) is 14.5. The number of amides is 1. The van der Waals surface area contributed by atoms with Gasteiger partial charge in [-0.05, 0) is 71.2 Å². The van der Waals surface area contributed by atoms with Crippen LogP contribution in [-0.4, -0.2) is 40.0 Å². The molecule has 0 saturated carbocycles. The molecule has 3 heterocycles. The first-order chi connectivity index (χ1) is 15.6. The van der Waals surface area contributed by atoms with Crippen LogP contribution in [0.15, 0.2) is 40.9 Å². The van der Waals surface area contributed by atoms with Gasteiger partial charge in [0.2, 0.25) is 5.91 Å². The Hall–Kier alpha value is -3.06. The number of aromatic nitrogens is 2. The third-order valence-corrected chi connectivity index (χ3v) is 5.46. The van der Waals surface area contributed by atoms with Gasteiger partial charge in [-0.25, -0.2) is 4.99 Å². The zero-order chi connectivity index (χ0) is 24.2. The van der Waals surface area contributed by atoms with E-state index < -0.39 is 0 Å². The van der Waals surface area contributed by atoms with Gasteiger partial charge >= 0.3 is 0 Å². The number of carbonyl (C=O) groups is 2. The molecule has 1 aliphatic heterocycles. The van der Waals surface area contributed by atoms with E-state index in [1.165, 1.54) is 0 Å². The maximum atomic E-state index is 12.9. The lowest BCUT2D eigenvalue weighted by atomic mass is 10.0. The molecule has 0 saturated heterocycles. The van der Waals surface area contributed by atoms with E-state index in [0.717, 1.165) is 33.9 Å². The Morgan fingerprint density at radius 2 is 1.88 bits per heavy atom. The summed E-state index contributed by atoms with van der Waals surface area (Å²) in [6.45, 7) is 9.74. The van der Waals surface area contributed by atoms with E-state index in [-0.39, 0.29) is 29.6 Å². The number of Topliss-reactive ketones (excluding diaryl/α,β-unsaturated/α-hetero) is 1. The molecule has 0 aromatic carbocycles. The van der Waals surface area contributed by atoms with E-state index in [9.17, 15) is 9.59 Å². The van der Waals surface area contributed by atoms with Crippen molar-refractivity contribution < 1.29 is 14.3 Å². The number of rotatable bonds is 9. The summed E-state index contributed by atoms with van der Waals surface area (Å²) in [4.78, 5) is 36.1. The lowest BCUT2D eigenvalue weighted by Crippen LogP contribution is -2.40. The summed E-state index contributed by atoms with van der Waals surface area (Å²) < 4.78 is 5.51. The van der Waals surface area contributed by atoms with Gasteiger partial charge in [0, 0.05) is 47.6 Å². The highest BCUT2D eigenvalue weighted by atomic mass is 35.5. The first-order valence-electron chi connectivity index (χ1n) is 11.3. The molecule has 3 rings (SSSR count). The average molecular weight is 487 g/mol. The zero-order valence-electron chi connectivity index (χ0n) is 20.8. The number of ether oxygens (including phenoxy) is 1. The van der Waals surface area contributed by atoms with Gasteiger partial charge in [0.05, 0.1) is 18.5 Å². The maximum Gasteiger partial charge on any atom is 0.220 e. The Kier molecular flexibility index (Phi) is 9.10. The minimum Gasteiger partial charge on any atom is -0.494 e. The second-order valence-electron chi connectivity index (χ2n) is 9.42. The van der Waals surface area contributed by atoms with Crippen LogP contribution in [0.2, 0.25) is 0 Å². The van der Waals surface area contributed by atoms with Gasteiger partial charge in [-0.2, -0.15) is 0 Å². The predicted molar refractivity (Wildman–Crippen MR) is 139 cm³/mol. The Bertz CT molecular complexity index is 1120. The van der Waals surface area contributed by atoms with E-state index >= 15 is 0 Å². The summed E-state index contributed by atoms with van der Waals surface area (Å²) in [6.07, 6.45) is 7.87. The second kappa shape index (κ2) is 11.4. The first-order valence-corrected chi connectivity index (χ1v) is 11.3. The summed E-state index contributed by atoms with van der Waals surface area (Å²) >= 11 is 0. The van der Waals surface area contributed by atoms with Crippen LogP contribution in [0.5, 0.6) is 0 Å². The molecule has 7 nitrogen and oxygen atoms in total. The number of methoxy groups -OCH3 is 1. The SMILES string of the molecule is COC1=CC(c2ccc[nH]2)=N/C1=C/c1[nH]c(C)c(C(=O)CCCCC(=O)NC(C)(C)C)c1C.Cl. The quantitative estimate of drug-likeness (QED) is 0.326. The van der Waals surface area contributed by atoms with Gasteiger partial charge in [-0.1, -0.05) is 0 Å². The first kappa shape index (κ1) is 27.2. The minimum absolute atomic E-state index is 0. The highest BCUT2D eigenvalue weighted by Crippen LogP contribution is 2.28. The van der Waals surface area contributed by atoms with Gasteiger partial charge < -0.3 is 20.0 Å². The van der Waals surface area contributed by atoms with Crippen LogP contribution in [0.1, 0.15) is 79.5 Å². The van der Waals surface area contributed by atoms with E-state index in [4.69, 9.17) is 9.73 Å². The molecular weight excluding hydrogens is 452 g/mol. The van der Waals surface area contributed by atoms with Crippen LogP contribution in [0.3, 0.4) is 0 Å². The zero-order valence-corrected chi connectivity index (χ0v) is 21.6. The number of carbonyl (C=O) groups excluding carboxylic acids is 2. The predicted octanol–water partition coefficient (Wildman–Crippen LogP) is 5.41. The van der Waals surface area contributed by atoms with E-state index in [1.807, 2.05) is 65.1 Å². The van der Waals surface area contributed by atoms with Crippen LogP contribution in [-0.2, 0) is 9.53 Å². The highest BCUT2D eigenvalue weighted by molar-refractivity contribution is 6.11. The summed E-state index contributed by atoms with van der Waals surface area (Å²) in [7, 11) is 1.62. The third kappa shape index (κ3) is 6.73. The molecule has 8 heteroatoms. The summed E-state index contributed by atoms with van der Waals surface area (Å²) in [6, 6.07) is 3.88. The maximum absolute atomic E-state index is 12.9. The number of hydrogen-bond donors (Lipinski definition) is 3.